The summed E-state index contributed by atoms with van der Waals surface area (Å²) in [6.07, 6.45) is 0. The van der Waals surface area contributed by atoms with Crippen molar-refractivity contribution in [2.24, 2.45) is 0 Å². The molecule has 298 valence electrons. The topological polar surface area (TPSA) is 11.4 Å². The van der Waals surface area contributed by atoms with Crippen LogP contribution in [-0.4, -0.2) is 4.57 Å². The van der Waals surface area contributed by atoms with Gasteiger partial charge in [0.25, 0.3) is 0 Å². The standard InChI is InChI=1S/C60H43N3/c1-5-15-44(16-6-1)46-25-32-52(33-26-46)61(50-19-9-3-10-20-50)55-38-40-56(41-39-55)62(53-34-27-47(28-35-53)45-17-7-2-8-18-45)54-36-29-48(30-37-54)49-31-42-60-58(43-49)57-23-13-14-24-59(57)63(60)51-21-11-4-12-22-51/h1-43H. The quantitative estimate of drug-likeness (QED) is 0.136. The first-order valence-electron chi connectivity index (χ1n) is 21.5. The van der Waals surface area contributed by atoms with Gasteiger partial charge in [-0.1, -0.05) is 158 Å². The van der Waals surface area contributed by atoms with E-state index < -0.39 is 0 Å². The van der Waals surface area contributed by atoms with Crippen LogP contribution in [0.1, 0.15) is 0 Å². The van der Waals surface area contributed by atoms with Gasteiger partial charge in [0.05, 0.1) is 11.0 Å². The van der Waals surface area contributed by atoms with Gasteiger partial charge in [-0.05, 0) is 137 Å². The van der Waals surface area contributed by atoms with Crippen LogP contribution in [0.5, 0.6) is 0 Å². The monoisotopic (exact) mass is 805 g/mol. The van der Waals surface area contributed by atoms with Gasteiger partial charge in [0.2, 0.25) is 0 Å². The Kier molecular flexibility index (Phi) is 9.89. The maximum atomic E-state index is 2.37. The van der Waals surface area contributed by atoms with Crippen LogP contribution in [0.2, 0.25) is 0 Å². The van der Waals surface area contributed by atoms with Crippen molar-refractivity contribution in [1.29, 1.82) is 0 Å². The fourth-order valence-electron chi connectivity index (χ4n) is 8.90. The van der Waals surface area contributed by atoms with Crippen molar-refractivity contribution in [1.82, 2.24) is 4.57 Å². The molecule has 0 radical (unpaired) electrons. The minimum Gasteiger partial charge on any atom is -0.311 e. The van der Waals surface area contributed by atoms with Gasteiger partial charge in [0.15, 0.2) is 0 Å². The van der Waals surface area contributed by atoms with Crippen molar-refractivity contribution in [2.75, 3.05) is 9.80 Å². The van der Waals surface area contributed by atoms with Crippen molar-refractivity contribution < 1.29 is 0 Å². The molecule has 0 spiro atoms. The summed E-state index contributed by atoms with van der Waals surface area (Å²) in [5.74, 6) is 0. The van der Waals surface area contributed by atoms with Crippen LogP contribution in [0.25, 0.3) is 60.9 Å². The maximum absolute atomic E-state index is 2.37. The second-order valence-corrected chi connectivity index (χ2v) is 15.8. The Hall–Kier alpha value is -8.40. The summed E-state index contributed by atoms with van der Waals surface area (Å²) in [7, 11) is 0. The molecule has 0 saturated carbocycles. The highest BCUT2D eigenvalue weighted by Gasteiger charge is 2.18. The van der Waals surface area contributed by atoms with Crippen molar-refractivity contribution in [3.8, 4) is 39.1 Å². The van der Waals surface area contributed by atoms with Gasteiger partial charge in [0.1, 0.15) is 0 Å². The predicted molar refractivity (Wildman–Crippen MR) is 266 cm³/mol. The number of hydrogen-bond donors (Lipinski definition) is 0. The summed E-state index contributed by atoms with van der Waals surface area (Å²) in [6, 6.07) is 93.6. The van der Waals surface area contributed by atoms with E-state index in [0.29, 0.717) is 0 Å². The van der Waals surface area contributed by atoms with Crippen LogP contribution >= 0.6 is 0 Å². The Labute approximate surface area is 368 Å². The Morgan fingerprint density at radius 3 is 1.02 bits per heavy atom. The number of nitrogens with zero attached hydrogens (tertiary/aromatic N) is 3. The molecule has 0 bridgehead atoms. The molecule has 11 rings (SSSR count). The first kappa shape index (κ1) is 37.6. The number of aromatic nitrogens is 1. The molecule has 0 amide bonds. The lowest BCUT2D eigenvalue weighted by molar-refractivity contribution is 1.18. The smallest absolute Gasteiger partial charge is 0.0541 e. The second kappa shape index (κ2) is 16.6. The average molecular weight is 806 g/mol. The maximum Gasteiger partial charge on any atom is 0.0541 e. The minimum absolute atomic E-state index is 1.07. The third-order valence-electron chi connectivity index (χ3n) is 12.0. The van der Waals surface area contributed by atoms with Gasteiger partial charge in [-0.3, -0.25) is 0 Å². The van der Waals surface area contributed by atoms with Crippen molar-refractivity contribution >= 4 is 55.9 Å². The van der Waals surface area contributed by atoms with Crippen LogP contribution < -0.4 is 9.80 Å². The van der Waals surface area contributed by atoms with Gasteiger partial charge in [-0.2, -0.15) is 0 Å². The van der Waals surface area contributed by atoms with E-state index in [1.165, 1.54) is 55.2 Å². The molecule has 0 saturated heterocycles. The highest BCUT2D eigenvalue weighted by atomic mass is 15.2. The summed E-state index contributed by atoms with van der Waals surface area (Å²) in [4.78, 5) is 4.67. The molecule has 0 aliphatic heterocycles. The van der Waals surface area contributed by atoms with Crippen molar-refractivity contribution in [3.05, 3.63) is 261 Å². The largest absolute Gasteiger partial charge is 0.311 e. The summed E-state index contributed by atoms with van der Waals surface area (Å²) in [5.41, 5.74) is 17.2. The second-order valence-electron chi connectivity index (χ2n) is 15.8. The highest BCUT2D eigenvalue weighted by molar-refractivity contribution is 6.10. The van der Waals surface area contributed by atoms with Crippen LogP contribution in [0.3, 0.4) is 0 Å². The van der Waals surface area contributed by atoms with E-state index in [2.05, 4.69) is 275 Å². The number of hydrogen-bond acceptors (Lipinski definition) is 2. The van der Waals surface area contributed by atoms with Gasteiger partial charge in [-0.25, -0.2) is 0 Å². The fourth-order valence-corrected chi connectivity index (χ4v) is 8.90. The van der Waals surface area contributed by atoms with Gasteiger partial charge in [0, 0.05) is 50.6 Å². The van der Waals surface area contributed by atoms with Crippen molar-refractivity contribution in [3.63, 3.8) is 0 Å². The Balaban J connectivity index is 0.964. The molecular formula is C60H43N3. The number of para-hydroxylation sites is 3. The van der Waals surface area contributed by atoms with Crippen LogP contribution in [0, 0.1) is 0 Å². The molecule has 1 heterocycles. The lowest BCUT2D eigenvalue weighted by Crippen LogP contribution is -2.12. The molecular weight excluding hydrogens is 763 g/mol. The van der Waals surface area contributed by atoms with E-state index >= 15 is 0 Å². The molecule has 0 aliphatic carbocycles. The Bertz CT molecular complexity index is 3270. The van der Waals surface area contributed by atoms with Crippen LogP contribution in [0.4, 0.5) is 34.1 Å². The highest BCUT2D eigenvalue weighted by Crippen LogP contribution is 2.41. The molecule has 10 aromatic carbocycles. The van der Waals surface area contributed by atoms with Crippen LogP contribution in [-0.2, 0) is 0 Å². The summed E-state index contributed by atoms with van der Waals surface area (Å²) < 4.78 is 2.37. The Morgan fingerprint density at radius 1 is 0.222 bits per heavy atom. The van der Waals surface area contributed by atoms with Gasteiger partial charge < -0.3 is 14.4 Å². The molecule has 11 aromatic rings. The summed E-state index contributed by atoms with van der Waals surface area (Å²) in [5, 5.41) is 2.49. The number of fused-ring (bicyclic) bond motifs is 3. The molecule has 0 fully saturated rings. The van der Waals surface area contributed by atoms with Gasteiger partial charge >= 0.3 is 0 Å². The fraction of sp³-hybridized carbons (Fsp3) is 0. The normalized spacial score (nSPS) is 11.2. The predicted octanol–water partition coefficient (Wildman–Crippen LogP) is 16.7. The molecule has 3 heteroatoms. The zero-order chi connectivity index (χ0) is 42.0. The molecule has 63 heavy (non-hydrogen) atoms. The Morgan fingerprint density at radius 2 is 0.540 bits per heavy atom. The first-order valence-corrected chi connectivity index (χ1v) is 21.5. The lowest BCUT2D eigenvalue weighted by Gasteiger charge is -2.28. The van der Waals surface area contributed by atoms with E-state index in [4.69, 9.17) is 0 Å². The zero-order valence-electron chi connectivity index (χ0n) is 34.7. The third kappa shape index (κ3) is 7.32. The SMILES string of the molecule is c1ccc(-c2ccc(N(c3ccccc3)c3ccc(N(c4ccc(-c5ccccc5)cc4)c4ccc(-c5ccc6c(c5)c5ccccc5n6-c5ccccc5)cc4)cc3)cc2)cc1. The van der Waals surface area contributed by atoms with Crippen LogP contribution in [0.15, 0.2) is 261 Å². The van der Waals surface area contributed by atoms with Crippen molar-refractivity contribution in [2.45, 2.75) is 0 Å². The van der Waals surface area contributed by atoms with E-state index in [9.17, 15) is 0 Å². The molecule has 0 unspecified atom stereocenters. The average Bonchev–Trinajstić information content (AvgIpc) is 3.70. The molecule has 1 aromatic heterocycles. The number of rotatable bonds is 10. The van der Waals surface area contributed by atoms with Gasteiger partial charge in [-0.15, -0.1) is 0 Å². The molecule has 0 N–H and O–H groups in total. The van der Waals surface area contributed by atoms with E-state index in [-0.39, 0.29) is 0 Å². The molecule has 0 aliphatic rings. The summed E-state index contributed by atoms with van der Waals surface area (Å²) >= 11 is 0. The minimum atomic E-state index is 1.07. The third-order valence-corrected chi connectivity index (χ3v) is 12.0. The van der Waals surface area contributed by atoms with E-state index in [1.807, 2.05) is 0 Å². The van der Waals surface area contributed by atoms with E-state index in [1.54, 1.807) is 0 Å². The zero-order valence-corrected chi connectivity index (χ0v) is 34.7. The molecule has 0 atom stereocenters. The number of anilines is 6. The van der Waals surface area contributed by atoms with E-state index in [0.717, 1.165) is 39.8 Å². The first-order chi connectivity index (χ1) is 31.2. The molecule has 3 nitrogen and oxygen atoms in total. The lowest BCUT2D eigenvalue weighted by atomic mass is 10.0. The summed E-state index contributed by atoms with van der Waals surface area (Å²) in [6.45, 7) is 0. The number of benzene rings is 10.